The summed E-state index contributed by atoms with van der Waals surface area (Å²) in [7, 11) is 0. The molecule has 0 aliphatic carbocycles. The number of anilines is 3. The molecule has 1 saturated heterocycles. The van der Waals surface area contributed by atoms with Crippen molar-refractivity contribution in [3.05, 3.63) is 36.2 Å². The Labute approximate surface area is 183 Å². The Morgan fingerprint density at radius 2 is 2.12 bits per heavy atom. The molecular weight excluding hydrogens is 412 g/mol. The number of amides is 3. The second-order valence-electron chi connectivity index (χ2n) is 8.02. The molecule has 2 bridgehead atoms. The van der Waals surface area contributed by atoms with Crippen LogP contribution in [0.3, 0.4) is 0 Å². The lowest BCUT2D eigenvalue weighted by atomic mass is 10.1. The third-order valence-corrected chi connectivity index (χ3v) is 5.42. The molecule has 5 rings (SSSR count). The summed E-state index contributed by atoms with van der Waals surface area (Å²) in [6.07, 6.45) is 2.38. The molecule has 32 heavy (non-hydrogen) atoms. The molecule has 12 heteroatoms. The van der Waals surface area contributed by atoms with Crippen LogP contribution < -0.4 is 20.4 Å². The molecule has 0 unspecified atom stereocenters. The number of carbonyl (C=O) groups is 2. The molecule has 164 valence electrons. The van der Waals surface area contributed by atoms with E-state index < -0.39 is 0 Å². The zero-order valence-electron chi connectivity index (χ0n) is 17.6. The van der Waals surface area contributed by atoms with E-state index in [1.165, 1.54) is 0 Å². The third-order valence-electron chi connectivity index (χ3n) is 5.42. The van der Waals surface area contributed by atoms with Crippen molar-refractivity contribution < 1.29 is 9.59 Å². The van der Waals surface area contributed by atoms with Crippen LogP contribution in [-0.2, 0) is 0 Å². The van der Waals surface area contributed by atoms with E-state index in [-0.39, 0.29) is 29.7 Å². The van der Waals surface area contributed by atoms with Gasteiger partial charge in [0.2, 0.25) is 5.82 Å². The van der Waals surface area contributed by atoms with Crippen LogP contribution in [0.25, 0.3) is 11.4 Å². The second-order valence-corrected chi connectivity index (χ2v) is 8.02. The topological polar surface area (TPSA) is 145 Å². The van der Waals surface area contributed by atoms with Gasteiger partial charge in [0.15, 0.2) is 5.82 Å². The molecular formula is C20H22N10O2. The van der Waals surface area contributed by atoms with E-state index in [4.69, 9.17) is 0 Å². The van der Waals surface area contributed by atoms with Crippen LogP contribution in [0.2, 0.25) is 0 Å². The average molecular weight is 434 g/mol. The van der Waals surface area contributed by atoms with Gasteiger partial charge in [-0.05, 0) is 49.7 Å². The van der Waals surface area contributed by atoms with Crippen molar-refractivity contribution in [1.82, 2.24) is 35.9 Å². The highest BCUT2D eigenvalue weighted by Crippen LogP contribution is 2.39. The Morgan fingerprint density at radius 3 is 2.91 bits per heavy atom. The predicted molar refractivity (Wildman–Crippen MR) is 116 cm³/mol. The number of H-pyrrole nitrogens is 1. The van der Waals surface area contributed by atoms with Crippen LogP contribution in [0.1, 0.15) is 30.8 Å². The van der Waals surface area contributed by atoms with Crippen molar-refractivity contribution in [2.45, 2.75) is 32.4 Å². The zero-order valence-corrected chi connectivity index (χ0v) is 17.6. The van der Waals surface area contributed by atoms with E-state index in [1.807, 2.05) is 19.9 Å². The quantitative estimate of drug-likeness (QED) is 0.559. The van der Waals surface area contributed by atoms with Crippen molar-refractivity contribution in [3.8, 4) is 11.4 Å². The predicted octanol–water partition coefficient (Wildman–Crippen LogP) is 1.43. The first kappa shape index (κ1) is 19.8. The molecule has 3 aromatic heterocycles. The maximum atomic E-state index is 13.3. The minimum Gasteiger partial charge on any atom is -0.366 e. The van der Waals surface area contributed by atoms with Crippen molar-refractivity contribution in [3.63, 3.8) is 0 Å². The summed E-state index contributed by atoms with van der Waals surface area (Å²) in [5.74, 6) is 0.959. The molecule has 5 heterocycles. The van der Waals surface area contributed by atoms with Crippen molar-refractivity contribution in [1.29, 1.82) is 0 Å². The molecule has 3 amide bonds. The molecule has 0 spiro atoms. The van der Waals surface area contributed by atoms with E-state index in [9.17, 15) is 9.59 Å². The molecule has 12 nitrogen and oxygen atoms in total. The summed E-state index contributed by atoms with van der Waals surface area (Å²) in [5.41, 5.74) is 1.78. The largest absolute Gasteiger partial charge is 0.366 e. The first-order valence-corrected chi connectivity index (χ1v) is 10.4. The minimum absolute atomic E-state index is 0.0165. The summed E-state index contributed by atoms with van der Waals surface area (Å²) in [4.78, 5) is 38.5. The summed E-state index contributed by atoms with van der Waals surface area (Å²) in [5, 5.41) is 19.6. The van der Waals surface area contributed by atoms with E-state index in [2.05, 4.69) is 46.1 Å². The summed E-state index contributed by atoms with van der Waals surface area (Å²) in [6.45, 7) is 5.32. The number of rotatable bonds is 4. The number of carbonyl (C=O) groups excluding carboxylic acids is 2. The number of hydrogen-bond acceptors (Lipinski definition) is 8. The van der Waals surface area contributed by atoms with Gasteiger partial charge in [0, 0.05) is 30.9 Å². The molecule has 0 aromatic carbocycles. The first-order valence-electron chi connectivity index (χ1n) is 10.4. The van der Waals surface area contributed by atoms with Crippen LogP contribution in [0.4, 0.5) is 22.1 Å². The third kappa shape index (κ3) is 3.59. The Morgan fingerprint density at radius 1 is 1.25 bits per heavy atom. The number of aromatic nitrogens is 6. The van der Waals surface area contributed by atoms with Gasteiger partial charge in [-0.25, -0.2) is 14.8 Å². The number of hydrogen-bond donors (Lipinski definition) is 3. The first-order chi connectivity index (χ1) is 15.5. The fourth-order valence-electron chi connectivity index (χ4n) is 4.03. The van der Waals surface area contributed by atoms with Crippen molar-refractivity contribution in [2.24, 2.45) is 0 Å². The van der Waals surface area contributed by atoms with Gasteiger partial charge in [0.25, 0.3) is 5.91 Å². The highest BCUT2D eigenvalue weighted by Gasteiger charge is 2.40. The van der Waals surface area contributed by atoms with Gasteiger partial charge >= 0.3 is 6.03 Å². The monoisotopic (exact) mass is 434 g/mol. The highest BCUT2D eigenvalue weighted by atomic mass is 16.2. The molecule has 3 N–H and O–H groups in total. The molecule has 3 aromatic rings. The molecule has 1 atom stereocenters. The van der Waals surface area contributed by atoms with E-state index >= 15 is 0 Å². The Bertz CT molecular complexity index is 1160. The molecule has 2 aliphatic heterocycles. The summed E-state index contributed by atoms with van der Waals surface area (Å²) < 4.78 is 0. The minimum atomic E-state index is -0.357. The van der Waals surface area contributed by atoms with Gasteiger partial charge < -0.3 is 10.2 Å². The lowest BCUT2D eigenvalue weighted by Crippen LogP contribution is -2.48. The SMILES string of the molecule is CC(C)NC(=O)c1ccc2c(n1)N(C(=O)Nc1cc(-c3nn[nH]n3)ccn1)[C@H]1CCN2C1. The lowest BCUT2D eigenvalue weighted by Gasteiger charge is -2.35. The number of tetrazole rings is 1. The number of nitrogens with zero attached hydrogens (tertiary/aromatic N) is 7. The summed E-state index contributed by atoms with van der Waals surface area (Å²) in [6, 6.07) is 6.54. The van der Waals surface area contributed by atoms with E-state index in [0.717, 1.165) is 25.2 Å². The van der Waals surface area contributed by atoms with E-state index in [0.29, 0.717) is 23.0 Å². The smallest absolute Gasteiger partial charge is 0.329 e. The van der Waals surface area contributed by atoms with Crippen LogP contribution in [-0.4, -0.2) is 67.7 Å². The van der Waals surface area contributed by atoms with Gasteiger partial charge in [-0.2, -0.15) is 5.21 Å². The Balaban J connectivity index is 1.44. The number of pyridine rings is 2. The van der Waals surface area contributed by atoms with Crippen LogP contribution in [0.15, 0.2) is 30.5 Å². The molecule has 0 radical (unpaired) electrons. The standard InChI is InChI=1S/C20H22N10O2/c1-11(2)22-19(31)14-3-4-15-18(23-14)30(13-6-8-29(15)10-13)20(32)24-16-9-12(5-7-21-16)17-25-27-28-26-17/h3-5,7,9,11,13H,6,8,10H2,1-2H3,(H,22,31)(H,21,24,32)(H,25,26,27,28)/t13-/m0/s1. The number of fused-ring (bicyclic) bond motifs is 4. The van der Waals surface area contributed by atoms with Crippen LogP contribution in [0.5, 0.6) is 0 Å². The van der Waals surface area contributed by atoms with Gasteiger partial charge in [0.05, 0.1) is 11.7 Å². The van der Waals surface area contributed by atoms with Crippen LogP contribution in [0, 0.1) is 0 Å². The second kappa shape index (κ2) is 7.87. The van der Waals surface area contributed by atoms with Crippen molar-refractivity contribution in [2.75, 3.05) is 28.2 Å². The number of urea groups is 1. The maximum Gasteiger partial charge on any atom is 0.329 e. The average Bonchev–Trinajstić information content (AvgIpc) is 3.44. The van der Waals surface area contributed by atoms with E-state index in [1.54, 1.807) is 29.3 Å². The fourth-order valence-corrected chi connectivity index (χ4v) is 4.03. The van der Waals surface area contributed by atoms with Gasteiger partial charge in [-0.15, -0.1) is 10.2 Å². The highest BCUT2D eigenvalue weighted by molar-refractivity contribution is 6.05. The number of nitrogens with one attached hydrogen (secondary N) is 3. The molecule has 2 aliphatic rings. The van der Waals surface area contributed by atoms with Gasteiger partial charge in [-0.1, -0.05) is 0 Å². The normalized spacial score (nSPS) is 16.8. The maximum absolute atomic E-state index is 13.3. The Hall–Kier alpha value is -4.09. The molecule has 1 fully saturated rings. The van der Waals surface area contributed by atoms with Crippen molar-refractivity contribution >= 4 is 29.3 Å². The summed E-state index contributed by atoms with van der Waals surface area (Å²) >= 11 is 0. The Kier molecular flexibility index (Phi) is 4.88. The fraction of sp³-hybridized carbons (Fsp3) is 0.350. The van der Waals surface area contributed by atoms with Crippen LogP contribution >= 0.6 is 0 Å². The van der Waals surface area contributed by atoms with Gasteiger partial charge in [-0.3, -0.25) is 15.0 Å². The number of aromatic amines is 1. The zero-order chi connectivity index (χ0) is 22.2. The lowest BCUT2D eigenvalue weighted by molar-refractivity contribution is 0.0938. The van der Waals surface area contributed by atoms with Gasteiger partial charge in [0.1, 0.15) is 11.5 Å². The molecule has 0 saturated carbocycles.